The Labute approximate surface area is 113 Å². The lowest BCUT2D eigenvalue weighted by Crippen LogP contribution is -2.24. The Bertz CT molecular complexity index is 237. The number of unbranched alkanes of at least 4 members (excludes halogenated alkanes) is 6. The van der Waals surface area contributed by atoms with Crippen molar-refractivity contribution in [1.82, 2.24) is 10.2 Å². The van der Waals surface area contributed by atoms with Crippen LogP contribution in [0.1, 0.15) is 51.9 Å². The predicted octanol–water partition coefficient (Wildman–Crippen LogP) is 2.97. The first-order valence-electron chi connectivity index (χ1n) is 7.12. The predicted molar refractivity (Wildman–Crippen MR) is 78.7 cm³/mol. The molecule has 0 radical (unpaired) electrons. The fourth-order valence-corrected chi connectivity index (χ4v) is 1.79. The van der Waals surface area contributed by atoms with Crippen LogP contribution in [0.15, 0.2) is 12.2 Å². The van der Waals surface area contributed by atoms with Gasteiger partial charge in [0.05, 0.1) is 0 Å². The second-order valence-electron chi connectivity index (χ2n) is 5.31. The molecule has 0 spiro atoms. The molecule has 3 nitrogen and oxygen atoms in total. The average molecular weight is 254 g/mol. The van der Waals surface area contributed by atoms with Crippen molar-refractivity contribution in [2.75, 3.05) is 27.2 Å². The molecule has 0 aromatic heterocycles. The van der Waals surface area contributed by atoms with Gasteiger partial charge in [0.2, 0.25) is 5.91 Å². The number of carbonyl (C=O) groups is 1. The van der Waals surface area contributed by atoms with E-state index in [1.807, 2.05) is 0 Å². The third kappa shape index (κ3) is 11.6. The third-order valence-corrected chi connectivity index (χ3v) is 2.96. The fourth-order valence-electron chi connectivity index (χ4n) is 1.79. The highest BCUT2D eigenvalue weighted by Gasteiger charge is 1.99. The van der Waals surface area contributed by atoms with Gasteiger partial charge in [0, 0.05) is 12.1 Å². The largest absolute Gasteiger partial charge is 0.352 e. The van der Waals surface area contributed by atoms with Gasteiger partial charge in [-0.3, -0.25) is 4.79 Å². The van der Waals surface area contributed by atoms with Crippen LogP contribution in [-0.4, -0.2) is 38.0 Å². The van der Waals surface area contributed by atoms with Crippen LogP contribution in [0.25, 0.3) is 0 Å². The van der Waals surface area contributed by atoms with E-state index in [1.54, 1.807) is 6.92 Å². The maximum atomic E-state index is 11.2. The van der Waals surface area contributed by atoms with Crippen LogP contribution in [0.5, 0.6) is 0 Å². The SMILES string of the molecule is C=C(C)C(=O)NCCCCCCCCCN(C)C. The molecule has 0 bridgehead atoms. The summed E-state index contributed by atoms with van der Waals surface area (Å²) in [6.07, 6.45) is 8.88. The summed E-state index contributed by atoms with van der Waals surface area (Å²) in [5, 5.41) is 2.86. The zero-order valence-electron chi connectivity index (χ0n) is 12.4. The highest BCUT2D eigenvalue weighted by molar-refractivity contribution is 5.91. The molecule has 0 rings (SSSR count). The zero-order chi connectivity index (χ0) is 13.8. The Kier molecular flexibility index (Phi) is 10.8. The topological polar surface area (TPSA) is 32.3 Å². The van der Waals surface area contributed by atoms with E-state index < -0.39 is 0 Å². The first-order valence-corrected chi connectivity index (χ1v) is 7.12. The second kappa shape index (κ2) is 11.3. The number of nitrogens with zero attached hydrogens (tertiary/aromatic N) is 1. The lowest BCUT2D eigenvalue weighted by molar-refractivity contribution is -0.117. The standard InChI is InChI=1S/C15H30N2O/c1-14(2)15(18)16-12-10-8-6-5-7-9-11-13-17(3)4/h1,5-13H2,2-4H3,(H,16,18). The van der Waals surface area contributed by atoms with Crippen molar-refractivity contribution in [3.63, 3.8) is 0 Å². The molecule has 0 unspecified atom stereocenters. The van der Waals surface area contributed by atoms with E-state index in [0.29, 0.717) is 5.57 Å². The molecule has 1 N–H and O–H groups in total. The normalized spacial score (nSPS) is 10.7. The van der Waals surface area contributed by atoms with Crippen molar-refractivity contribution >= 4 is 5.91 Å². The summed E-state index contributed by atoms with van der Waals surface area (Å²) >= 11 is 0. The Morgan fingerprint density at radius 3 is 2.00 bits per heavy atom. The smallest absolute Gasteiger partial charge is 0.246 e. The molecule has 18 heavy (non-hydrogen) atoms. The van der Waals surface area contributed by atoms with Gasteiger partial charge in [0.15, 0.2) is 0 Å². The molecule has 0 heterocycles. The van der Waals surface area contributed by atoms with Gasteiger partial charge in [-0.1, -0.05) is 38.7 Å². The van der Waals surface area contributed by atoms with Crippen molar-refractivity contribution < 1.29 is 4.79 Å². The molecule has 0 aliphatic carbocycles. The van der Waals surface area contributed by atoms with Crippen LogP contribution in [0.3, 0.4) is 0 Å². The van der Waals surface area contributed by atoms with Gasteiger partial charge in [-0.15, -0.1) is 0 Å². The minimum atomic E-state index is -0.0151. The van der Waals surface area contributed by atoms with E-state index in [9.17, 15) is 4.79 Å². The summed E-state index contributed by atoms with van der Waals surface area (Å²) in [6.45, 7) is 7.33. The maximum absolute atomic E-state index is 11.2. The molecular formula is C15H30N2O. The molecule has 0 saturated carbocycles. The summed E-state index contributed by atoms with van der Waals surface area (Å²) < 4.78 is 0. The fraction of sp³-hybridized carbons (Fsp3) is 0.800. The molecule has 3 heteroatoms. The number of carbonyl (C=O) groups excluding carboxylic acids is 1. The van der Waals surface area contributed by atoms with Crippen molar-refractivity contribution in [3.8, 4) is 0 Å². The first-order chi connectivity index (χ1) is 8.54. The molecule has 0 aromatic rings. The van der Waals surface area contributed by atoms with Crippen molar-refractivity contribution in [1.29, 1.82) is 0 Å². The number of amides is 1. The minimum Gasteiger partial charge on any atom is -0.352 e. The molecule has 0 aliphatic rings. The van der Waals surface area contributed by atoms with Crippen LogP contribution < -0.4 is 5.32 Å². The molecule has 0 atom stereocenters. The Balaban J connectivity index is 3.12. The van der Waals surface area contributed by atoms with Crippen molar-refractivity contribution in [2.24, 2.45) is 0 Å². The van der Waals surface area contributed by atoms with E-state index in [-0.39, 0.29) is 5.91 Å². The molecule has 0 aromatic carbocycles. The number of hydrogen-bond acceptors (Lipinski definition) is 2. The van der Waals surface area contributed by atoms with Gasteiger partial charge < -0.3 is 10.2 Å². The summed E-state index contributed by atoms with van der Waals surface area (Å²) in [6, 6.07) is 0. The summed E-state index contributed by atoms with van der Waals surface area (Å²) in [5.74, 6) is -0.0151. The van der Waals surface area contributed by atoms with Crippen molar-refractivity contribution in [3.05, 3.63) is 12.2 Å². The van der Waals surface area contributed by atoms with E-state index >= 15 is 0 Å². The molecular weight excluding hydrogens is 224 g/mol. The van der Waals surface area contributed by atoms with Gasteiger partial charge >= 0.3 is 0 Å². The zero-order valence-corrected chi connectivity index (χ0v) is 12.4. The number of hydrogen-bond donors (Lipinski definition) is 1. The molecule has 0 fully saturated rings. The Morgan fingerprint density at radius 2 is 1.50 bits per heavy atom. The minimum absolute atomic E-state index is 0.0151. The molecule has 0 saturated heterocycles. The summed E-state index contributed by atoms with van der Waals surface area (Å²) in [5.41, 5.74) is 0.593. The Morgan fingerprint density at radius 1 is 1.00 bits per heavy atom. The highest BCUT2D eigenvalue weighted by atomic mass is 16.1. The van der Waals surface area contributed by atoms with E-state index in [2.05, 4.69) is 30.9 Å². The van der Waals surface area contributed by atoms with Crippen LogP contribution in [0.4, 0.5) is 0 Å². The van der Waals surface area contributed by atoms with Crippen LogP contribution >= 0.6 is 0 Å². The quantitative estimate of drug-likeness (QED) is 0.454. The van der Waals surface area contributed by atoms with Crippen LogP contribution in [0.2, 0.25) is 0 Å². The van der Waals surface area contributed by atoms with Gasteiger partial charge in [-0.2, -0.15) is 0 Å². The van der Waals surface area contributed by atoms with Gasteiger partial charge in [0.1, 0.15) is 0 Å². The van der Waals surface area contributed by atoms with E-state index in [1.165, 1.54) is 45.1 Å². The molecule has 0 aliphatic heterocycles. The van der Waals surface area contributed by atoms with Crippen LogP contribution in [-0.2, 0) is 4.79 Å². The molecule has 106 valence electrons. The van der Waals surface area contributed by atoms with Gasteiger partial charge in [-0.05, 0) is 40.4 Å². The number of rotatable bonds is 11. The third-order valence-electron chi connectivity index (χ3n) is 2.96. The summed E-state index contributed by atoms with van der Waals surface area (Å²) in [7, 11) is 4.25. The summed E-state index contributed by atoms with van der Waals surface area (Å²) in [4.78, 5) is 13.4. The molecule has 1 amide bonds. The monoisotopic (exact) mass is 254 g/mol. The lowest BCUT2D eigenvalue weighted by atomic mass is 10.1. The van der Waals surface area contributed by atoms with Crippen molar-refractivity contribution in [2.45, 2.75) is 51.9 Å². The second-order valence-corrected chi connectivity index (χ2v) is 5.31. The Hall–Kier alpha value is -0.830. The lowest BCUT2D eigenvalue weighted by Gasteiger charge is -2.08. The number of nitrogens with one attached hydrogen (secondary N) is 1. The van der Waals surface area contributed by atoms with E-state index in [0.717, 1.165) is 13.0 Å². The van der Waals surface area contributed by atoms with Gasteiger partial charge in [-0.25, -0.2) is 0 Å². The highest BCUT2D eigenvalue weighted by Crippen LogP contribution is 2.07. The van der Waals surface area contributed by atoms with Crippen LogP contribution in [0, 0.1) is 0 Å². The average Bonchev–Trinajstić information content (AvgIpc) is 2.30. The maximum Gasteiger partial charge on any atom is 0.246 e. The first kappa shape index (κ1) is 17.2. The van der Waals surface area contributed by atoms with E-state index in [4.69, 9.17) is 0 Å². The van der Waals surface area contributed by atoms with Gasteiger partial charge in [0.25, 0.3) is 0 Å².